The van der Waals surface area contributed by atoms with Crippen LogP contribution in [0.4, 0.5) is 0 Å². The summed E-state index contributed by atoms with van der Waals surface area (Å²) < 4.78 is 5.34. The van der Waals surface area contributed by atoms with Crippen molar-refractivity contribution >= 4 is 0 Å². The molecule has 0 bridgehead atoms. The van der Waals surface area contributed by atoms with Gasteiger partial charge < -0.3 is 4.74 Å². The third-order valence-corrected chi connectivity index (χ3v) is 3.40. The molecule has 74 valence electrons. The van der Waals surface area contributed by atoms with Crippen LogP contribution in [0.15, 0.2) is 23.3 Å². The SMILES string of the molecule is COC1(C#N)CC2=C(C1)C(C)(C)C=C2. The summed E-state index contributed by atoms with van der Waals surface area (Å²) in [6, 6.07) is 2.30. The zero-order chi connectivity index (χ0) is 10.4. The van der Waals surface area contributed by atoms with E-state index in [2.05, 4.69) is 32.1 Å². The number of nitriles is 1. The first-order chi connectivity index (χ1) is 6.53. The lowest BCUT2D eigenvalue weighted by Crippen LogP contribution is -2.27. The Morgan fingerprint density at radius 3 is 2.64 bits per heavy atom. The molecule has 0 N–H and O–H groups in total. The normalized spacial score (nSPS) is 33.3. The summed E-state index contributed by atoms with van der Waals surface area (Å²) in [5.41, 5.74) is 2.21. The topological polar surface area (TPSA) is 33.0 Å². The second-order valence-electron chi connectivity index (χ2n) is 4.72. The zero-order valence-corrected chi connectivity index (χ0v) is 8.92. The number of hydrogen-bond donors (Lipinski definition) is 0. The first kappa shape index (κ1) is 9.48. The lowest BCUT2D eigenvalue weighted by Gasteiger charge is -2.24. The molecule has 0 aromatic heterocycles. The number of allylic oxidation sites excluding steroid dienone is 2. The highest BCUT2D eigenvalue weighted by Crippen LogP contribution is 2.49. The first-order valence-electron chi connectivity index (χ1n) is 4.91. The van der Waals surface area contributed by atoms with E-state index < -0.39 is 5.60 Å². The Morgan fingerprint density at radius 1 is 1.43 bits per heavy atom. The molecule has 0 amide bonds. The van der Waals surface area contributed by atoms with Gasteiger partial charge in [-0.25, -0.2) is 0 Å². The molecule has 1 atom stereocenters. The van der Waals surface area contributed by atoms with Crippen molar-refractivity contribution in [1.29, 1.82) is 5.26 Å². The third-order valence-electron chi connectivity index (χ3n) is 3.40. The minimum absolute atomic E-state index is 0.118. The Morgan fingerprint density at radius 2 is 2.14 bits per heavy atom. The van der Waals surface area contributed by atoms with E-state index >= 15 is 0 Å². The smallest absolute Gasteiger partial charge is 0.161 e. The van der Waals surface area contributed by atoms with Crippen LogP contribution in [0.1, 0.15) is 26.7 Å². The van der Waals surface area contributed by atoms with E-state index in [0.29, 0.717) is 0 Å². The fourth-order valence-electron chi connectivity index (χ4n) is 2.36. The molecule has 0 saturated carbocycles. The van der Waals surface area contributed by atoms with Crippen molar-refractivity contribution in [2.75, 3.05) is 7.11 Å². The predicted octanol–water partition coefficient (Wildman–Crippen LogP) is 2.58. The van der Waals surface area contributed by atoms with Gasteiger partial charge >= 0.3 is 0 Å². The number of methoxy groups -OCH3 is 1. The van der Waals surface area contributed by atoms with Crippen LogP contribution in [0.5, 0.6) is 0 Å². The summed E-state index contributed by atoms with van der Waals surface area (Å²) >= 11 is 0. The highest BCUT2D eigenvalue weighted by atomic mass is 16.5. The van der Waals surface area contributed by atoms with Crippen LogP contribution < -0.4 is 0 Å². The molecule has 2 nitrogen and oxygen atoms in total. The van der Waals surface area contributed by atoms with Crippen molar-refractivity contribution in [2.24, 2.45) is 5.41 Å². The van der Waals surface area contributed by atoms with Gasteiger partial charge in [-0.2, -0.15) is 5.26 Å². The maximum atomic E-state index is 9.12. The molecule has 0 saturated heterocycles. The summed E-state index contributed by atoms with van der Waals surface area (Å²) in [4.78, 5) is 0. The molecule has 0 heterocycles. The molecule has 0 aromatic rings. The molecule has 2 aliphatic carbocycles. The van der Waals surface area contributed by atoms with Crippen molar-refractivity contribution in [2.45, 2.75) is 32.3 Å². The van der Waals surface area contributed by atoms with Gasteiger partial charge in [0.1, 0.15) is 0 Å². The van der Waals surface area contributed by atoms with Gasteiger partial charge in [0.25, 0.3) is 0 Å². The Kier molecular flexibility index (Phi) is 1.84. The van der Waals surface area contributed by atoms with Gasteiger partial charge in [0.15, 0.2) is 5.60 Å². The molecule has 0 aromatic carbocycles. The van der Waals surface area contributed by atoms with E-state index in [1.54, 1.807) is 7.11 Å². The van der Waals surface area contributed by atoms with Crippen LogP contribution in [0.3, 0.4) is 0 Å². The number of nitrogens with zero attached hydrogens (tertiary/aromatic N) is 1. The summed E-state index contributed by atoms with van der Waals surface area (Å²) in [5.74, 6) is 0. The quantitative estimate of drug-likeness (QED) is 0.635. The summed E-state index contributed by atoms with van der Waals surface area (Å²) in [5, 5.41) is 9.12. The average molecular weight is 189 g/mol. The van der Waals surface area contributed by atoms with E-state index in [4.69, 9.17) is 10.00 Å². The first-order valence-corrected chi connectivity index (χ1v) is 4.91. The van der Waals surface area contributed by atoms with Gasteiger partial charge in [-0.1, -0.05) is 31.6 Å². The standard InChI is InChI=1S/C12H15NO/c1-11(2)5-4-9-6-12(8-13,14-3)7-10(9)11/h4-5H,6-7H2,1-3H3. The molecule has 2 rings (SSSR count). The molecule has 1 unspecified atom stereocenters. The molecule has 0 fully saturated rings. The Balaban J connectivity index is 2.31. The summed E-state index contributed by atoms with van der Waals surface area (Å²) in [7, 11) is 1.63. The Hall–Kier alpha value is -1.07. The molecule has 14 heavy (non-hydrogen) atoms. The van der Waals surface area contributed by atoms with Crippen LogP contribution in [0.25, 0.3) is 0 Å². The molecule has 0 spiro atoms. The Labute approximate surface area is 84.9 Å². The Bertz CT molecular complexity index is 370. The minimum atomic E-state index is -0.591. The van der Waals surface area contributed by atoms with Crippen molar-refractivity contribution in [3.8, 4) is 6.07 Å². The fraction of sp³-hybridized carbons (Fsp3) is 0.583. The summed E-state index contributed by atoms with van der Waals surface area (Å²) in [6.07, 6.45) is 5.87. The van der Waals surface area contributed by atoms with E-state index in [1.165, 1.54) is 11.1 Å². The molecular formula is C12H15NO. The number of rotatable bonds is 1. The lowest BCUT2D eigenvalue weighted by molar-refractivity contribution is 0.0464. The second-order valence-corrected chi connectivity index (χ2v) is 4.72. The van der Waals surface area contributed by atoms with E-state index in [9.17, 15) is 0 Å². The molecule has 2 aliphatic rings. The van der Waals surface area contributed by atoms with Gasteiger partial charge in [0, 0.05) is 25.4 Å². The predicted molar refractivity (Wildman–Crippen MR) is 54.5 cm³/mol. The largest absolute Gasteiger partial charge is 0.363 e. The lowest BCUT2D eigenvalue weighted by atomic mass is 9.84. The zero-order valence-electron chi connectivity index (χ0n) is 8.92. The third kappa shape index (κ3) is 1.13. The van der Waals surface area contributed by atoms with E-state index in [-0.39, 0.29) is 5.41 Å². The average Bonchev–Trinajstić information content (AvgIpc) is 2.66. The molecular weight excluding hydrogens is 174 g/mol. The molecule has 0 radical (unpaired) electrons. The minimum Gasteiger partial charge on any atom is -0.363 e. The molecule has 2 heteroatoms. The fourth-order valence-corrected chi connectivity index (χ4v) is 2.36. The van der Waals surface area contributed by atoms with Crippen molar-refractivity contribution in [1.82, 2.24) is 0 Å². The van der Waals surface area contributed by atoms with Gasteiger partial charge in [0.05, 0.1) is 6.07 Å². The van der Waals surface area contributed by atoms with Crippen LogP contribution in [0, 0.1) is 16.7 Å². The summed E-state index contributed by atoms with van der Waals surface area (Å²) in [6.45, 7) is 4.38. The highest BCUT2D eigenvalue weighted by molar-refractivity contribution is 5.47. The maximum Gasteiger partial charge on any atom is 0.161 e. The number of hydrogen-bond acceptors (Lipinski definition) is 2. The van der Waals surface area contributed by atoms with Crippen LogP contribution in [0.2, 0.25) is 0 Å². The van der Waals surface area contributed by atoms with Gasteiger partial charge in [-0.3, -0.25) is 0 Å². The van der Waals surface area contributed by atoms with Crippen LogP contribution in [-0.4, -0.2) is 12.7 Å². The maximum absolute atomic E-state index is 9.12. The van der Waals surface area contributed by atoms with Crippen molar-refractivity contribution in [3.63, 3.8) is 0 Å². The van der Waals surface area contributed by atoms with Crippen LogP contribution >= 0.6 is 0 Å². The highest BCUT2D eigenvalue weighted by Gasteiger charge is 2.44. The number of ether oxygens (including phenoxy) is 1. The van der Waals surface area contributed by atoms with Crippen molar-refractivity contribution < 1.29 is 4.74 Å². The van der Waals surface area contributed by atoms with Gasteiger partial charge in [0.2, 0.25) is 0 Å². The van der Waals surface area contributed by atoms with Crippen LogP contribution in [-0.2, 0) is 4.74 Å². The van der Waals surface area contributed by atoms with E-state index in [0.717, 1.165) is 12.8 Å². The second kappa shape index (κ2) is 2.71. The molecule has 0 aliphatic heterocycles. The monoisotopic (exact) mass is 189 g/mol. The van der Waals surface area contributed by atoms with Crippen molar-refractivity contribution in [3.05, 3.63) is 23.3 Å². The van der Waals surface area contributed by atoms with Gasteiger partial charge in [-0.05, 0) is 5.57 Å². The van der Waals surface area contributed by atoms with Gasteiger partial charge in [-0.15, -0.1) is 0 Å². The van der Waals surface area contributed by atoms with E-state index in [1.807, 2.05) is 0 Å².